The first-order valence-corrected chi connectivity index (χ1v) is 28.4. The number of esters is 3. The molecule has 0 aliphatic heterocycles. The number of rotatable bonds is 51. The van der Waals surface area contributed by atoms with E-state index in [9.17, 15) is 14.4 Å². The van der Waals surface area contributed by atoms with Crippen molar-refractivity contribution in [2.45, 2.75) is 284 Å². The first-order chi connectivity index (χ1) is 33.0. The molecule has 0 rings (SSSR count). The monoisotopic (exact) mass is 935 g/mol. The number of carbonyl (C=O) groups excluding carboxylic acids is 3. The van der Waals surface area contributed by atoms with Gasteiger partial charge in [0.15, 0.2) is 6.10 Å². The molecule has 0 saturated heterocycles. The highest BCUT2D eigenvalue weighted by Gasteiger charge is 2.19. The van der Waals surface area contributed by atoms with Crippen LogP contribution in [0, 0.1) is 0 Å². The molecule has 386 valence electrons. The van der Waals surface area contributed by atoms with Crippen molar-refractivity contribution in [1.29, 1.82) is 0 Å². The molecule has 0 heterocycles. The SMILES string of the molecule is CC/C=C\C/C=C\C/C=C\CCCCCCCC(=O)OC(COC(=O)CCCCC/C=C\C/C=C\C/C=C\CC)COC(=O)CCCCCCCCCCCCCCCCCCCCCCC. The van der Waals surface area contributed by atoms with Gasteiger partial charge in [-0.25, -0.2) is 0 Å². The first-order valence-electron chi connectivity index (χ1n) is 28.4. The average Bonchev–Trinajstić information content (AvgIpc) is 3.33. The summed E-state index contributed by atoms with van der Waals surface area (Å²) < 4.78 is 16.8. The lowest BCUT2D eigenvalue weighted by Gasteiger charge is -2.18. The molecule has 0 fully saturated rings. The van der Waals surface area contributed by atoms with E-state index in [0.29, 0.717) is 19.3 Å². The minimum Gasteiger partial charge on any atom is -0.462 e. The van der Waals surface area contributed by atoms with Crippen LogP contribution in [0.4, 0.5) is 0 Å². The Bertz CT molecular complexity index is 1260. The Morgan fingerprint density at radius 1 is 0.313 bits per heavy atom. The summed E-state index contributed by atoms with van der Waals surface area (Å²) >= 11 is 0. The largest absolute Gasteiger partial charge is 0.462 e. The predicted molar refractivity (Wildman–Crippen MR) is 288 cm³/mol. The van der Waals surface area contributed by atoms with E-state index in [1.165, 1.54) is 116 Å². The van der Waals surface area contributed by atoms with Crippen molar-refractivity contribution in [2.75, 3.05) is 13.2 Å². The van der Waals surface area contributed by atoms with Crippen molar-refractivity contribution in [3.8, 4) is 0 Å². The fourth-order valence-corrected chi connectivity index (χ4v) is 8.00. The van der Waals surface area contributed by atoms with Gasteiger partial charge in [0.2, 0.25) is 0 Å². The molecular weight excluding hydrogens is 829 g/mol. The van der Waals surface area contributed by atoms with Crippen LogP contribution in [0.2, 0.25) is 0 Å². The Morgan fingerprint density at radius 2 is 0.582 bits per heavy atom. The van der Waals surface area contributed by atoms with Gasteiger partial charge < -0.3 is 14.2 Å². The molecule has 0 amide bonds. The number of allylic oxidation sites excluding steroid dienone is 12. The summed E-state index contributed by atoms with van der Waals surface area (Å²) in [5.41, 5.74) is 0. The molecule has 0 radical (unpaired) electrons. The second-order valence-corrected chi connectivity index (χ2v) is 18.8. The van der Waals surface area contributed by atoms with E-state index in [0.717, 1.165) is 122 Å². The lowest BCUT2D eigenvalue weighted by Crippen LogP contribution is -2.30. The Morgan fingerprint density at radius 3 is 0.925 bits per heavy atom. The third-order valence-electron chi connectivity index (χ3n) is 12.2. The van der Waals surface area contributed by atoms with Crippen molar-refractivity contribution >= 4 is 17.9 Å². The van der Waals surface area contributed by atoms with Gasteiger partial charge in [-0.1, -0.05) is 248 Å². The maximum Gasteiger partial charge on any atom is 0.306 e. The van der Waals surface area contributed by atoms with Gasteiger partial charge >= 0.3 is 17.9 Å². The first kappa shape index (κ1) is 63.8. The Labute approximate surface area is 414 Å². The normalized spacial score (nSPS) is 12.6. The van der Waals surface area contributed by atoms with Gasteiger partial charge in [0.25, 0.3) is 0 Å². The summed E-state index contributed by atoms with van der Waals surface area (Å²) in [6.07, 6.45) is 70.5. The predicted octanol–water partition coefficient (Wildman–Crippen LogP) is 19.0. The molecule has 0 bridgehead atoms. The lowest BCUT2D eigenvalue weighted by atomic mass is 10.0. The standard InChI is InChI=1S/C61H106O6/c1-4-7-10-13-16-19-22-25-27-28-29-30-31-32-34-36-39-42-45-48-51-54-60(63)66-57-58(56-65-59(62)53-50-47-44-41-38-35-24-21-18-15-12-9-6-3)67-61(64)55-52-49-46-43-40-37-33-26-23-20-17-14-11-8-5-2/h8-9,11-12,17-18,20-21,26,33,35,38,58H,4-7,10,13-16,19,22-25,27-32,34,36-37,39-57H2,1-3H3/b11-8-,12-9-,20-17-,21-18-,33-26-,38-35-. The van der Waals surface area contributed by atoms with E-state index in [1.54, 1.807) is 0 Å². The third-order valence-corrected chi connectivity index (χ3v) is 12.2. The molecule has 6 nitrogen and oxygen atoms in total. The van der Waals surface area contributed by atoms with Crippen LogP contribution in [0.15, 0.2) is 72.9 Å². The molecule has 1 atom stereocenters. The zero-order valence-corrected chi connectivity index (χ0v) is 44.2. The topological polar surface area (TPSA) is 78.9 Å². The van der Waals surface area contributed by atoms with Crippen molar-refractivity contribution in [2.24, 2.45) is 0 Å². The molecule has 0 aromatic carbocycles. The molecule has 0 aliphatic carbocycles. The molecule has 0 aromatic heterocycles. The molecule has 1 unspecified atom stereocenters. The van der Waals surface area contributed by atoms with Gasteiger partial charge in [0.1, 0.15) is 13.2 Å². The van der Waals surface area contributed by atoms with Gasteiger partial charge in [-0.2, -0.15) is 0 Å². The van der Waals surface area contributed by atoms with Crippen LogP contribution in [0.1, 0.15) is 278 Å². The zero-order valence-electron chi connectivity index (χ0n) is 44.2. The molecule has 67 heavy (non-hydrogen) atoms. The van der Waals surface area contributed by atoms with E-state index >= 15 is 0 Å². The minimum absolute atomic E-state index is 0.0900. The Balaban J connectivity index is 4.34. The summed E-state index contributed by atoms with van der Waals surface area (Å²) in [4.78, 5) is 38.1. The molecule has 0 N–H and O–H groups in total. The highest BCUT2D eigenvalue weighted by Crippen LogP contribution is 2.16. The molecule has 0 spiro atoms. The van der Waals surface area contributed by atoms with Crippen LogP contribution in [0.3, 0.4) is 0 Å². The van der Waals surface area contributed by atoms with Crippen molar-refractivity contribution in [1.82, 2.24) is 0 Å². The summed E-state index contributed by atoms with van der Waals surface area (Å²) in [5.74, 6) is -0.930. The number of hydrogen-bond donors (Lipinski definition) is 0. The quantitative estimate of drug-likeness (QED) is 0.0262. The maximum absolute atomic E-state index is 12.8. The second-order valence-electron chi connectivity index (χ2n) is 18.8. The second kappa shape index (κ2) is 55.4. The van der Waals surface area contributed by atoms with Crippen molar-refractivity contribution in [3.63, 3.8) is 0 Å². The molecule has 0 aliphatic rings. The number of unbranched alkanes of at least 4 members (excludes halogenated alkanes) is 28. The van der Waals surface area contributed by atoms with Gasteiger partial charge in [-0.3, -0.25) is 14.4 Å². The van der Waals surface area contributed by atoms with Crippen LogP contribution < -0.4 is 0 Å². The summed E-state index contributed by atoms with van der Waals surface area (Å²) in [7, 11) is 0. The highest BCUT2D eigenvalue weighted by atomic mass is 16.6. The number of carbonyl (C=O) groups is 3. The van der Waals surface area contributed by atoms with Crippen LogP contribution in [0.25, 0.3) is 0 Å². The van der Waals surface area contributed by atoms with Gasteiger partial charge in [-0.15, -0.1) is 0 Å². The van der Waals surface area contributed by atoms with E-state index in [-0.39, 0.29) is 31.1 Å². The van der Waals surface area contributed by atoms with Crippen LogP contribution in [-0.2, 0) is 28.6 Å². The van der Waals surface area contributed by atoms with Crippen LogP contribution >= 0.6 is 0 Å². The minimum atomic E-state index is -0.795. The highest BCUT2D eigenvalue weighted by molar-refractivity contribution is 5.71. The summed E-state index contributed by atoms with van der Waals surface area (Å²) in [6.45, 7) is 6.40. The van der Waals surface area contributed by atoms with Gasteiger partial charge in [0, 0.05) is 19.3 Å². The average molecular weight is 936 g/mol. The molecular formula is C61H106O6. The maximum atomic E-state index is 12.8. The van der Waals surface area contributed by atoms with Crippen molar-refractivity contribution in [3.05, 3.63) is 72.9 Å². The third kappa shape index (κ3) is 53.7. The smallest absolute Gasteiger partial charge is 0.306 e. The fraction of sp³-hybridized carbons (Fsp3) is 0.754. The summed E-state index contributed by atoms with van der Waals surface area (Å²) in [6, 6.07) is 0. The van der Waals surface area contributed by atoms with Crippen LogP contribution in [-0.4, -0.2) is 37.2 Å². The lowest BCUT2D eigenvalue weighted by molar-refractivity contribution is -0.167. The zero-order chi connectivity index (χ0) is 48.6. The van der Waals surface area contributed by atoms with E-state index in [4.69, 9.17) is 14.2 Å². The van der Waals surface area contributed by atoms with Gasteiger partial charge in [0.05, 0.1) is 0 Å². The van der Waals surface area contributed by atoms with Gasteiger partial charge in [-0.05, 0) is 83.5 Å². The van der Waals surface area contributed by atoms with E-state index in [1.807, 2.05) is 0 Å². The Hall–Kier alpha value is -3.15. The van der Waals surface area contributed by atoms with E-state index < -0.39 is 6.10 Å². The number of ether oxygens (including phenoxy) is 3. The summed E-state index contributed by atoms with van der Waals surface area (Å²) in [5, 5.41) is 0. The molecule has 0 aromatic rings. The van der Waals surface area contributed by atoms with Crippen LogP contribution in [0.5, 0.6) is 0 Å². The van der Waals surface area contributed by atoms with Crippen molar-refractivity contribution < 1.29 is 28.6 Å². The fourth-order valence-electron chi connectivity index (χ4n) is 8.00. The molecule has 0 saturated carbocycles. The number of hydrogen-bond acceptors (Lipinski definition) is 6. The Kier molecular flexibility index (Phi) is 52.8. The molecule has 6 heteroatoms. The van der Waals surface area contributed by atoms with E-state index in [2.05, 4.69) is 93.7 Å².